The Balaban J connectivity index is 0.00000242. The zero-order valence-electron chi connectivity index (χ0n) is 12.7. The Morgan fingerprint density at radius 1 is 1.41 bits per heavy atom. The van der Waals surface area contributed by atoms with Gasteiger partial charge in [-0.25, -0.2) is 0 Å². The van der Waals surface area contributed by atoms with Gasteiger partial charge in [-0.2, -0.15) is 11.8 Å². The first-order valence-corrected chi connectivity index (χ1v) is 8.68. The average Bonchev–Trinajstić information content (AvgIpc) is 2.53. The summed E-state index contributed by atoms with van der Waals surface area (Å²) in [6.07, 6.45) is 1.20. The van der Waals surface area contributed by atoms with Gasteiger partial charge in [0.25, 0.3) is 0 Å². The first-order chi connectivity index (χ1) is 10.3. The molecule has 2 unspecified atom stereocenters. The predicted octanol–water partition coefficient (Wildman–Crippen LogP) is 1.79. The van der Waals surface area contributed by atoms with E-state index in [0.29, 0.717) is 19.4 Å². The molecule has 3 N–H and O–H groups in total. The number of aliphatic hydroxyl groups is 1. The molecule has 0 bridgehead atoms. The molecular formula is C16H25ClN2O2S. The zero-order chi connectivity index (χ0) is 14.9. The summed E-state index contributed by atoms with van der Waals surface area (Å²) < 4.78 is 0. The van der Waals surface area contributed by atoms with E-state index in [9.17, 15) is 9.90 Å². The number of halogens is 1. The molecule has 0 radical (unpaired) electrons. The Labute approximate surface area is 142 Å². The molecule has 1 aliphatic heterocycles. The van der Waals surface area contributed by atoms with E-state index < -0.39 is 0 Å². The lowest BCUT2D eigenvalue weighted by atomic mass is 9.96. The van der Waals surface area contributed by atoms with E-state index in [1.165, 1.54) is 0 Å². The summed E-state index contributed by atoms with van der Waals surface area (Å²) in [6, 6.07) is 10.3. The Kier molecular flexibility index (Phi) is 9.55. The smallest absolute Gasteiger partial charge is 0.221 e. The Bertz CT molecular complexity index is 427. The molecular weight excluding hydrogens is 320 g/mol. The summed E-state index contributed by atoms with van der Waals surface area (Å²) in [6.45, 7) is 1.71. The van der Waals surface area contributed by atoms with E-state index in [2.05, 4.69) is 10.6 Å². The van der Waals surface area contributed by atoms with Crippen molar-refractivity contribution in [3.8, 4) is 0 Å². The second-order valence-electron chi connectivity index (χ2n) is 5.35. The molecule has 1 aromatic carbocycles. The largest absolute Gasteiger partial charge is 0.396 e. The van der Waals surface area contributed by atoms with Crippen molar-refractivity contribution in [3.63, 3.8) is 0 Å². The van der Waals surface area contributed by atoms with Crippen LogP contribution in [-0.4, -0.2) is 48.3 Å². The first-order valence-electron chi connectivity index (χ1n) is 7.53. The summed E-state index contributed by atoms with van der Waals surface area (Å²) >= 11 is 1.90. The fourth-order valence-corrected chi connectivity index (χ4v) is 3.50. The van der Waals surface area contributed by atoms with Crippen LogP contribution in [0, 0.1) is 0 Å². The highest BCUT2D eigenvalue weighted by Gasteiger charge is 2.18. The maximum Gasteiger partial charge on any atom is 0.221 e. The molecule has 1 aliphatic rings. The van der Waals surface area contributed by atoms with Crippen molar-refractivity contribution < 1.29 is 9.90 Å². The van der Waals surface area contributed by atoms with Crippen LogP contribution in [0.3, 0.4) is 0 Å². The van der Waals surface area contributed by atoms with Crippen LogP contribution in [0.15, 0.2) is 30.3 Å². The topological polar surface area (TPSA) is 61.4 Å². The van der Waals surface area contributed by atoms with Gasteiger partial charge < -0.3 is 15.7 Å². The number of hydrogen-bond donors (Lipinski definition) is 3. The number of amides is 1. The zero-order valence-corrected chi connectivity index (χ0v) is 14.3. The molecule has 124 valence electrons. The van der Waals surface area contributed by atoms with Crippen molar-refractivity contribution in [2.75, 3.05) is 31.2 Å². The van der Waals surface area contributed by atoms with Crippen molar-refractivity contribution in [2.45, 2.75) is 24.8 Å². The molecule has 1 aromatic rings. The SMILES string of the molecule is Cl.O=C(CC1CSCCN1)NCC(CCO)c1ccccc1. The van der Waals surface area contributed by atoms with Crippen molar-refractivity contribution in [1.29, 1.82) is 0 Å². The quantitative estimate of drug-likeness (QED) is 0.705. The van der Waals surface area contributed by atoms with E-state index >= 15 is 0 Å². The van der Waals surface area contributed by atoms with Gasteiger partial charge >= 0.3 is 0 Å². The third kappa shape index (κ3) is 6.57. The summed E-state index contributed by atoms with van der Waals surface area (Å²) in [5, 5.41) is 15.6. The number of rotatable bonds is 7. The summed E-state index contributed by atoms with van der Waals surface area (Å²) in [7, 11) is 0. The van der Waals surface area contributed by atoms with Gasteiger partial charge in [-0.1, -0.05) is 30.3 Å². The molecule has 1 heterocycles. The number of carbonyl (C=O) groups excluding carboxylic acids is 1. The molecule has 1 fully saturated rings. The molecule has 22 heavy (non-hydrogen) atoms. The van der Waals surface area contributed by atoms with Crippen LogP contribution in [0.4, 0.5) is 0 Å². The molecule has 2 rings (SSSR count). The Hall–Kier alpha value is -0.750. The standard InChI is InChI=1S/C16H24N2O2S.ClH/c19-8-6-14(13-4-2-1-3-5-13)11-18-16(20)10-15-12-21-9-7-17-15;/h1-5,14-15,17,19H,6-12H2,(H,18,20);1H. The van der Waals surface area contributed by atoms with Crippen molar-refractivity contribution >= 4 is 30.1 Å². The Morgan fingerprint density at radius 2 is 2.18 bits per heavy atom. The molecule has 1 amide bonds. The van der Waals surface area contributed by atoms with E-state index in [0.717, 1.165) is 23.6 Å². The van der Waals surface area contributed by atoms with E-state index in [-0.39, 0.29) is 36.9 Å². The highest BCUT2D eigenvalue weighted by Crippen LogP contribution is 2.18. The first kappa shape index (κ1) is 19.3. The number of nitrogens with one attached hydrogen (secondary N) is 2. The minimum atomic E-state index is 0. The summed E-state index contributed by atoms with van der Waals surface area (Å²) in [5.41, 5.74) is 1.16. The predicted molar refractivity (Wildman–Crippen MR) is 94.9 cm³/mol. The normalized spacial score (nSPS) is 19.0. The van der Waals surface area contributed by atoms with Gasteiger partial charge in [0, 0.05) is 49.6 Å². The van der Waals surface area contributed by atoms with Gasteiger partial charge in [0.15, 0.2) is 0 Å². The average molecular weight is 345 g/mol. The number of aliphatic hydroxyl groups excluding tert-OH is 1. The van der Waals surface area contributed by atoms with Gasteiger partial charge in [0.1, 0.15) is 0 Å². The molecule has 6 heteroatoms. The van der Waals surface area contributed by atoms with E-state index in [1.54, 1.807) is 0 Å². The minimum absolute atomic E-state index is 0. The molecule has 0 aromatic heterocycles. The van der Waals surface area contributed by atoms with Crippen LogP contribution in [-0.2, 0) is 4.79 Å². The molecule has 2 atom stereocenters. The van der Waals surface area contributed by atoms with E-state index in [4.69, 9.17) is 0 Å². The number of benzene rings is 1. The second-order valence-corrected chi connectivity index (χ2v) is 6.50. The fraction of sp³-hybridized carbons (Fsp3) is 0.562. The number of thioether (sulfide) groups is 1. The lowest BCUT2D eigenvalue weighted by Crippen LogP contribution is -2.42. The van der Waals surface area contributed by atoms with Gasteiger partial charge in [0.05, 0.1) is 0 Å². The maximum absolute atomic E-state index is 12.0. The van der Waals surface area contributed by atoms with Gasteiger partial charge in [0.2, 0.25) is 5.91 Å². The molecule has 1 saturated heterocycles. The van der Waals surface area contributed by atoms with Gasteiger partial charge in [-0.3, -0.25) is 4.79 Å². The maximum atomic E-state index is 12.0. The highest BCUT2D eigenvalue weighted by atomic mass is 35.5. The highest BCUT2D eigenvalue weighted by molar-refractivity contribution is 7.99. The molecule has 0 aliphatic carbocycles. The number of hydrogen-bond acceptors (Lipinski definition) is 4. The van der Waals surface area contributed by atoms with Crippen molar-refractivity contribution in [3.05, 3.63) is 35.9 Å². The van der Waals surface area contributed by atoms with Crippen LogP contribution in [0.1, 0.15) is 24.3 Å². The minimum Gasteiger partial charge on any atom is -0.396 e. The Morgan fingerprint density at radius 3 is 2.82 bits per heavy atom. The summed E-state index contributed by atoms with van der Waals surface area (Å²) in [4.78, 5) is 12.0. The van der Waals surface area contributed by atoms with Crippen molar-refractivity contribution in [2.24, 2.45) is 0 Å². The van der Waals surface area contributed by atoms with Crippen LogP contribution < -0.4 is 10.6 Å². The van der Waals surface area contributed by atoms with Gasteiger partial charge in [-0.15, -0.1) is 12.4 Å². The van der Waals surface area contributed by atoms with Crippen LogP contribution in [0.25, 0.3) is 0 Å². The molecule has 4 nitrogen and oxygen atoms in total. The van der Waals surface area contributed by atoms with Crippen molar-refractivity contribution in [1.82, 2.24) is 10.6 Å². The fourth-order valence-electron chi connectivity index (χ4n) is 2.55. The van der Waals surface area contributed by atoms with E-state index in [1.807, 2.05) is 42.1 Å². The van der Waals surface area contributed by atoms with Crippen LogP contribution >= 0.6 is 24.2 Å². The van der Waals surface area contributed by atoms with Crippen LogP contribution in [0.5, 0.6) is 0 Å². The molecule has 0 saturated carbocycles. The second kappa shape index (κ2) is 10.9. The monoisotopic (exact) mass is 344 g/mol. The third-order valence-electron chi connectivity index (χ3n) is 3.72. The van der Waals surface area contributed by atoms with Crippen LogP contribution in [0.2, 0.25) is 0 Å². The number of carbonyl (C=O) groups is 1. The summed E-state index contributed by atoms with van der Waals surface area (Å²) in [5.74, 6) is 2.40. The lowest BCUT2D eigenvalue weighted by molar-refractivity contribution is -0.121. The lowest BCUT2D eigenvalue weighted by Gasteiger charge is -2.23. The van der Waals surface area contributed by atoms with Gasteiger partial charge in [-0.05, 0) is 12.0 Å². The molecule has 0 spiro atoms. The third-order valence-corrected chi connectivity index (χ3v) is 4.86.